The molecular formula is C31H48O10. The third-order valence-electron chi connectivity index (χ3n) is 5.78. The fourth-order valence-corrected chi connectivity index (χ4v) is 3.58. The first-order valence-electron chi connectivity index (χ1n) is 15.3. The Morgan fingerprint density at radius 1 is 0.585 bits per heavy atom. The van der Waals surface area contributed by atoms with Crippen LogP contribution in [-0.2, 0) is 28.6 Å². The minimum absolute atomic E-state index is 0.222. The molecule has 1 rings (SSSR count). The van der Waals surface area contributed by atoms with E-state index in [4.69, 9.17) is 29.8 Å². The lowest BCUT2D eigenvalue weighted by molar-refractivity contribution is -0.108. The average Bonchev–Trinajstić information content (AvgIpc) is 3.00. The molecule has 0 amide bonds. The highest BCUT2D eigenvalue weighted by molar-refractivity contribution is 5.95. The number of aldehydes is 3. The lowest BCUT2D eigenvalue weighted by Crippen LogP contribution is -2.12. The van der Waals surface area contributed by atoms with Gasteiger partial charge in [0, 0.05) is 72.1 Å². The SMILES string of the molecule is [3H]CC(=O)c1cc(OCCCOCCCCC=O)c(OCCOCCCCC=O)c(OCCCOCCCCC=O)c1. The van der Waals surface area contributed by atoms with E-state index in [2.05, 4.69) is 0 Å². The summed E-state index contributed by atoms with van der Waals surface area (Å²) < 4.78 is 42.4. The maximum Gasteiger partial charge on any atom is 0.203 e. The van der Waals surface area contributed by atoms with E-state index in [-0.39, 0.29) is 12.4 Å². The highest BCUT2D eigenvalue weighted by Gasteiger charge is 2.18. The zero-order chi connectivity index (χ0) is 30.5. The maximum atomic E-state index is 12.4. The number of benzene rings is 1. The smallest absolute Gasteiger partial charge is 0.203 e. The normalized spacial score (nSPS) is 11.1. The second-order valence-corrected chi connectivity index (χ2v) is 9.30. The van der Waals surface area contributed by atoms with Crippen molar-refractivity contribution in [3.05, 3.63) is 17.7 Å². The molecule has 1 aromatic carbocycles. The molecule has 1 aromatic rings. The topological polar surface area (TPSA) is 124 Å². The Morgan fingerprint density at radius 3 is 1.46 bits per heavy atom. The number of hydrogen-bond donors (Lipinski definition) is 0. The van der Waals surface area contributed by atoms with Crippen LogP contribution in [0.25, 0.3) is 0 Å². The van der Waals surface area contributed by atoms with Crippen molar-refractivity contribution in [2.24, 2.45) is 0 Å². The van der Waals surface area contributed by atoms with E-state index in [1.54, 1.807) is 12.1 Å². The number of ketones is 1. The molecule has 0 aliphatic rings. The molecule has 0 aliphatic heterocycles. The van der Waals surface area contributed by atoms with E-state index in [1.165, 1.54) is 0 Å². The van der Waals surface area contributed by atoms with Crippen molar-refractivity contribution in [1.29, 1.82) is 0 Å². The second-order valence-electron chi connectivity index (χ2n) is 9.30. The molecule has 0 atom stereocenters. The monoisotopic (exact) mass is 582 g/mol. The quantitative estimate of drug-likeness (QED) is 0.0698. The molecule has 10 heteroatoms. The molecule has 0 N–H and O–H groups in total. The molecule has 0 radical (unpaired) electrons. The van der Waals surface area contributed by atoms with Gasteiger partial charge in [-0.2, -0.15) is 0 Å². The summed E-state index contributed by atoms with van der Waals surface area (Å²) in [7, 11) is 0. The van der Waals surface area contributed by atoms with E-state index in [1.807, 2.05) is 0 Å². The fraction of sp³-hybridized carbons (Fsp3) is 0.677. The number of carbonyl (C=O) groups excluding carboxylic acids is 4. The van der Waals surface area contributed by atoms with Crippen LogP contribution < -0.4 is 14.2 Å². The van der Waals surface area contributed by atoms with Gasteiger partial charge in [-0.3, -0.25) is 4.79 Å². The van der Waals surface area contributed by atoms with Crippen LogP contribution in [0.2, 0.25) is 0 Å². The van der Waals surface area contributed by atoms with Crippen LogP contribution in [0, 0.1) is 0 Å². The molecule has 0 aliphatic carbocycles. The summed E-state index contributed by atoms with van der Waals surface area (Å²) in [5, 5.41) is 0. The zero-order valence-corrected chi connectivity index (χ0v) is 24.3. The van der Waals surface area contributed by atoms with E-state index >= 15 is 0 Å². The summed E-state index contributed by atoms with van der Waals surface area (Å²) >= 11 is 0. The Labute approximate surface area is 245 Å². The molecule has 232 valence electrons. The predicted octanol–water partition coefficient (Wildman–Crippen LogP) is 4.96. The van der Waals surface area contributed by atoms with Crippen molar-refractivity contribution in [1.82, 2.24) is 0 Å². The summed E-state index contributed by atoms with van der Waals surface area (Å²) in [6.07, 6.45) is 10.3. The summed E-state index contributed by atoms with van der Waals surface area (Å²) in [5.74, 6) is 0.665. The minimum Gasteiger partial charge on any atom is -0.489 e. The lowest BCUT2D eigenvalue weighted by Gasteiger charge is -2.18. The summed E-state index contributed by atoms with van der Waals surface area (Å²) in [5.41, 5.74) is 0.298. The minimum atomic E-state index is -0.410. The van der Waals surface area contributed by atoms with Gasteiger partial charge in [0.25, 0.3) is 0 Å². The Hall–Kier alpha value is -2.82. The van der Waals surface area contributed by atoms with Gasteiger partial charge < -0.3 is 42.8 Å². The number of carbonyl (C=O) groups is 4. The van der Waals surface area contributed by atoms with Crippen molar-refractivity contribution in [2.45, 2.75) is 77.5 Å². The van der Waals surface area contributed by atoms with Crippen LogP contribution in [0.1, 0.15) is 89.3 Å². The van der Waals surface area contributed by atoms with Gasteiger partial charge in [0.05, 0.1) is 19.8 Å². The largest absolute Gasteiger partial charge is 0.489 e. The van der Waals surface area contributed by atoms with Gasteiger partial charge in [0.1, 0.15) is 25.5 Å². The number of unbranched alkanes of at least 4 members (excludes halogenated alkanes) is 6. The highest BCUT2D eigenvalue weighted by Crippen LogP contribution is 2.39. The van der Waals surface area contributed by atoms with Crippen molar-refractivity contribution < 1.29 is 49.0 Å². The average molecular weight is 583 g/mol. The van der Waals surface area contributed by atoms with Gasteiger partial charge >= 0.3 is 0 Å². The molecule has 0 saturated heterocycles. The molecule has 0 heterocycles. The Balaban J connectivity index is 2.78. The summed E-state index contributed by atoms with van der Waals surface area (Å²) in [4.78, 5) is 43.7. The van der Waals surface area contributed by atoms with Crippen molar-refractivity contribution in [3.8, 4) is 17.2 Å². The molecule has 0 fully saturated rings. The van der Waals surface area contributed by atoms with E-state index < -0.39 is 6.90 Å². The Morgan fingerprint density at radius 2 is 1.02 bits per heavy atom. The number of Topliss-reactive ketones (excluding diaryl/α,β-unsaturated/α-hetero) is 1. The van der Waals surface area contributed by atoms with Crippen LogP contribution in [0.3, 0.4) is 0 Å². The number of rotatable bonds is 30. The number of hydrogen-bond acceptors (Lipinski definition) is 10. The first-order valence-corrected chi connectivity index (χ1v) is 14.6. The lowest BCUT2D eigenvalue weighted by atomic mass is 10.1. The molecule has 0 unspecified atom stereocenters. The van der Waals surface area contributed by atoms with Crippen LogP contribution in [-0.4, -0.2) is 84.1 Å². The van der Waals surface area contributed by atoms with Gasteiger partial charge in [-0.05, 0) is 57.6 Å². The molecule has 10 nitrogen and oxygen atoms in total. The molecule has 0 aromatic heterocycles. The second kappa shape index (κ2) is 26.1. The summed E-state index contributed by atoms with van der Waals surface area (Å²) in [6, 6.07) is 3.14. The Bertz CT molecular complexity index is 817. The standard InChI is InChI=1S/C31H48O10/c1-27(35)28-25-29(39-21-11-19-36-16-8-2-5-13-32)31(41-24-23-38-18-10-4-7-15-34)30(26-28)40-22-12-20-37-17-9-3-6-14-33/h13-15,25-26H,2-12,16-24H2,1H3/i1T. The maximum absolute atomic E-state index is 12.4. The van der Waals surface area contributed by atoms with Gasteiger partial charge in [-0.15, -0.1) is 0 Å². The van der Waals surface area contributed by atoms with Crippen molar-refractivity contribution in [3.63, 3.8) is 0 Å². The predicted molar refractivity (Wildman–Crippen MR) is 154 cm³/mol. The Kier molecular flexibility index (Phi) is 21.9. The van der Waals surface area contributed by atoms with Gasteiger partial charge in [-0.1, -0.05) is 0 Å². The van der Waals surface area contributed by atoms with Gasteiger partial charge in [0.15, 0.2) is 17.3 Å². The highest BCUT2D eigenvalue weighted by atomic mass is 16.6. The van der Waals surface area contributed by atoms with Crippen LogP contribution in [0.5, 0.6) is 17.2 Å². The van der Waals surface area contributed by atoms with Crippen LogP contribution >= 0.6 is 0 Å². The van der Waals surface area contributed by atoms with Crippen molar-refractivity contribution >= 4 is 24.6 Å². The molecule has 0 saturated carbocycles. The number of ether oxygens (including phenoxy) is 6. The van der Waals surface area contributed by atoms with Crippen LogP contribution in [0.4, 0.5) is 0 Å². The molecular weight excluding hydrogens is 532 g/mol. The zero-order valence-electron chi connectivity index (χ0n) is 25.3. The first kappa shape index (κ1) is 34.4. The molecule has 41 heavy (non-hydrogen) atoms. The van der Waals surface area contributed by atoms with E-state index in [9.17, 15) is 19.2 Å². The van der Waals surface area contributed by atoms with Gasteiger partial charge in [0.2, 0.25) is 5.75 Å². The first-order chi connectivity index (χ1) is 20.7. The summed E-state index contributed by atoms with van der Waals surface area (Å²) in [6.45, 7) is 3.40. The fourth-order valence-electron chi connectivity index (χ4n) is 3.58. The third-order valence-corrected chi connectivity index (χ3v) is 5.78. The van der Waals surface area contributed by atoms with Gasteiger partial charge in [-0.25, -0.2) is 0 Å². The van der Waals surface area contributed by atoms with Crippen molar-refractivity contribution in [2.75, 3.05) is 59.5 Å². The molecule has 0 spiro atoms. The van der Waals surface area contributed by atoms with E-state index in [0.29, 0.717) is 108 Å². The van der Waals surface area contributed by atoms with E-state index in [0.717, 1.165) is 57.4 Å². The third kappa shape index (κ3) is 19.0. The molecule has 0 bridgehead atoms. The van der Waals surface area contributed by atoms with Crippen LogP contribution in [0.15, 0.2) is 12.1 Å².